The number of rotatable bonds is 5. The predicted octanol–water partition coefficient (Wildman–Crippen LogP) is 5.65. The summed E-state index contributed by atoms with van der Waals surface area (Å²) in [6.07, 6.45) is -0.874. The Kier molecular flexibility index (Phi) is 5.73. The molecule has 0 aliphatic rings. The van der Waals surface area contributed by atoms with E-state index in [1.165, 1.54) is 34.9 Å². The Bertz CT molecular complexity index is 988. The summed E-state index contributed by atoms with van der Waals surface area (Å²) < 4.78 is 18.5. The summed E-state index contributed by atoms with van der Waals surface area (Å²) in [6, 6.07) is 12.6. The molecule has 0 saturated carbocycles. The molecule has 0 radical (unpaired) electrons. The average Bonchev–Trinajstić information content (AvgIpc) is 3.05. The molecule has 138 valence electrons. The van der Waals surface area contributed by atoms with Gasteiger partial charge in [-0.05, 0) is 23.8 Å². The number of carbonyl (C=O) groups excluding carboxylic acids is 1. The molecule has 27 heavy (non-hydrogen) atoms. The van der Waals surface area contributed by atoms with Gasteiger partial charge in [0.2, 0.25) is 0 Å². The lowest BCUT2D eigenvalue weighted by atomic mass is 10.1. The molecule has 8 heteroatoms. The molecule has 0 aliphatic heterocycles. The standard InChI is InChI=1S/C19H13ClFNO4S/c20-13-7-5-11(6-8-13)17-16(18(23)24)15(10-27-17)22-19(25)26-9-12-3-1-2-4-14(12)21/h1-8,10H,9H2,(H,22,25)(H,23,24). The van der Waals surface area contributed by atoms with Crippen LogP contribution in [0.4, 0.5) is 14.9 Å². The SMILES string of the molecule is O=C(Nc1csc(-c2ccc(Cl)cc2)c1C(=O)O)OCc1ccccc1F. The number of carboxylic acids is 1. The van der Waals surface area contributed by atoms with E-state index in [1.807, 2.05) is 0 Å². The summed E-state index contributed by atoms with van der Waals surface area (Å²) in [6.45, 7) is -0.269. The first-order valence-corrected chi connectivity index (χ1v) is 8.99. The number of aromatic carboxylic acids is 1. The molecule has 5 nitrogen and oxygen atoms in total. The van der Waals surface area contributed by atoms with Gasteiger partial charge in [0.05, 0.1) is 10.6 Å². The highest BCUT2D eigenvalue weighted by molar-refractivity contribution is 7.14. The van der Waals surface area contributed by atoms with Crippen LogP contribution >= 0.6 is 22.9 Å². The highest BCUT2D eigenvalue weighted by Crippen LogP contribution is 2.36. The number of nitrogens with one attached hydrogen (secondary N) is 1. The number of carboxylic acid groups (broad SMARTS) is 1. The molecular weight excluding hydrogens is 393 g/mol. The first-order valence-electron chi connectivity index (χ1n) is 7.73. The molecule has 1 aromatic heterocycles. The number of hydrogen-bond donors (Lipinski definition) is 2. The van der Waals surface area contributed by atoms with Gasteiger partial charge in [-0.2, -0.15) is 0 Å². The Labute approximate surface area is 163 Å². The van der Waals surface area contributed by atoms with Gasteiger partial charge >= 0.3 is 12.1 Å². The number of benzene rings is 2. The van der Waals surface area contributed by atoms with Gasteiger partial charge in [0, 0.05) is 16.0 Å². The van der Waals surface area contributed by atoms with Crippen molar-refractivity contribution in [2.24, 2.45) is 0 Å². The van der Waals surface area contributed by atoms with E-state index in [4.69, 9.17) is 16.3 Å². The fraction of sp³-hybridized carbons (Fsp3) is 0.0526. The van der Waals surface area contributed by atoms with E-state index in [-0.39, 0.29) is 23.4 Å². The van der Waals surface area contributed by atoms with Crippen molar-refractivity contribution in [2.75, 3.05) is 5.32 Å². The van der Waals surface area contributed by atoms with Crippen LogP contribution in [0.1, 0.15) is 15.9 Å². The third kappa shape index (κ3) is 4.45. The molecular formula is C19H13ClFNO4S. The fourth-order valence-corrected chi connectivity index (χ4v) is 3.51. The quantitative estimate of drug-likeness (QED) is 0.574. The third-order valence-corrected chi connectivity index (χ3v) is 4.95. The number of carbonyl (C=O) groups is 2. The van der Waals surface area contributed by atoms with Gasteiger partial charge in [0.25, 0.3) is 0 Å². The van der Waals surface area contributed by atoms with E-state index < -0.39 is 17.9 Å². The van der Waals surface area contributed by atoms with Gasteiger partial charge in [-0.25, -0.2) is 14.0 Å². The number of ether oxygens (including phenoxy) is 1. The predicted molar refractivity (Wildman–Crippen MR) is 102 cm³/mol. The van der Waals surface area contributed by atoms with E-state index in [0.717, 1.165) is 0 Å². The smallest absolute Gasteiger partial charge is 0.412 e. The average molecular weight is 406 g/mol. The summed E-state index contributed by atoms with van der Waals surface area (Å²) in [5.74, 6) is -1.68. The molecule has 0 saturated heterocycles. The van der Waals surface area contributed by atoms with Crippen LogP contribution in [0.15, 0.2) is 53.9 Å². The van der Waals surface area contributed by atoms with E-state index >= 15 is 0 Å². The third-order valence-electron chi connectivity index (χ3n) is 3.66. The van der Waals surface area contributed by atoms with E-state index in [0.29, 0.717) is 15.5 Å². The lowest BCUT2D eigenvalue weighted by Crippen LogP contribution is -2.15. The largest absolute Gasteiger partial charge is 0.478 e. The zero-order chi connectivity index (χ0) is 19.4. The molecule has 0 spiro atoms. The van der Waals surface area contributed by atoms with Gasteiger partial charge in [0.1, 0.15) is 18.0 Å². The van der Waals surface area contributed by atoms with Crippen molar-refractivity contribution in [3.05, 3.63) is 75.9 Å². The van der Waals surface area contributed by atoms with Gasteiger partial charge in [-0.1, -0.05) is 41.9 Å². The van der Waals surface area contributed by atoms with Crippen LogP contribution in [-0.4, -0.2) is 17.2 Å². The molecule has 3 rings (SSSR count). The summed E-state index contributed by atoms with van der Waals surface area (Å²) in [5.41, 5.74) is 0.939. The second-order valence-electron chi connectivity index (χ2n) is 5.46. The molecule has 0 unspecified atom stereocenters. The number of thiophene rings is 1. The second kappa shape index (κ2) is 8.20. The van der Waals surface area contributed by atoms with Crippen molar-refractivity contribution in [3.8, 4) is 10.4 Å². The van der Waals surface area contributed by atoms with Crippen LogP contribution in [-0.2, 0) is 11.3 Å². The van der Waals surface area contributed by atoms with Crippen LogP contribution in [0.25, 0.3) is 10.4 Å². The normalized spacial score (nSPS) is 10.4. The molecule has 2 aromatic carbocycles. The van der Waals surface area contributed by atoms with Gasteiger partial charge in [-0.15, -0.1) is 11.3 Å². The Balaban J connectivity index is 1.76. The highest BCUT2D eigenvalue weighted by atomic mass is 35.5. The second-order valence-corrected chi connectivity index (χ2v) is 6.77. The number of anilines is 1. The minimum Gasteiger partial charge on any atom is -0.478 e. The zero-order valence-corrected chi connectivity index (χ0v) is 15.3. The Morgan fingerprint density at radius 2 is 1.85 bits per heavy atom. The van der Waals surface area contributed by atoms with Crippen LogP contribution in [0.3, 0.4) is 0 Å². The lowest BCUT2D eigenvalue weighted by molar-refractivity contribution is 0.0699. The summed E-state index contributed by atoms with van der Waals surface area (Å²) in [7, 11) is 0. The fourth-order valence-electron chi connectivity index (χ4n) is 2.38. The first-order chi connectivity index (χ1) is 13.0. The van der Waals surface area contributed by atoms with E-state index in [1.54, 1.807) is 30.3 Å². The lowest BCUT2D eigenvalue weighted by Gasteiger charge is -2.08. The number of halogens is 2. The highest BCUT2D eigenvalue weighted by Gasteiger charge is 2.21. The maximum Gasteiger partial charge on any atom is 0.412 e. The topological polar surface area (TPSA) is 75.6 Å². The monoisotopic (exact) mass is 405 g/mol. The van der Waals surface area contributed by atoms with Crippen LogP contribution in [0.5, 0.6) is 0 Å². The van der Waals surface area contributed by atoms with E-state index in [2.05, 4.69) is 5.32 Å². The Morgan fingerprint density at radius 1 is 1.15 bits per heavy atom. The Hall–Kier alpha value is -2.90. The van der Waals surface area contributed by atoms with Crippen molar-refractivity contribution in [1.29, 1.82) is 0 Å². The van der Waals surface area contributed by atoms with Gasteiger partial charge in [-0.3, -0.25) is 5.32 Å². The van der Waals surface area contributed by atoms with Crippen molar-refractivity contribution in [3.63, 3.8) is 0 Å². The summed E-state index contributed by atoms with van der Waals surface area (Å²) in [5, 5.41) is 14.0. The van der Waals surface area contributed by atoms with Crippen molar-refractivity contribution >= 4 is 40.7 Å². The van der Waals surface area contributed by atoms with Gasteiger partial charge < -0.3 is 9.84 Å². The molecule has 0 aliphatic carbocycles. The maximum absolute atomic E-state index is 13.6. The van der Waals surface area contributed by atoms with Crippen molar-refractivity contribution in [1.82, 2.24) is 0 Å². The molecule has 3 aromatic rings. The number of amides is 1. The minimum absolute atomic E-state index is 0.0508. The molecule has 0 bridgehead atoms. The molecule has 0 atom stereocenters. The molecule has 1 amide bonds. The maximum atomic E-state index is 13.6. The minimum atomic E-state index is -1.19. The summed E-state index contributed by atoms with van der Waals surface area (Å²) >= 11 is 7.03. The van der Waals surface area contributed by atoms with Crippen LogP contribution in [0.2, 0.25) is 5.02 Å². The van der Waals surface area contributed by atoms with Crippen molar-refractivity contribution < 1.29 is 23.8 Å². The Morgan fingerprint density at radius 3 is 2.52 bits per heavy atom. The van der Waals surface area contributed by atoms with Crippen LogP contribution in [0, 0.1) is 5.82 Å². The summed E-state index contributed by atoms with van der Waals surface area (Å²) in [4.78, 5) is 24.2. The zero-order valence-electron chi connectivity index (χ0n) is 13.7. The number of hydrogen-bond acceptors (Lipinski definition) is 4. The van der Waals surface area contributed by atoms with Crippen LogP contribution < -0.4 is 5.32 Å². The molecule has 2 N–H and O–H groups in total. The van der Waals surface area contributed by atoms with Crippen molar-refractivity contribution in [2.45, 2.75) is 6.61 Å². The van der Waals surface area contributed by atoms with Gasteiger partial charge in [0.15, 0.2) is 0 Å². The first kappa shape index (κ1) is 18.9. The van der Waals surface area contributed by atoms with E-state index in [9.17, 15) is 19.1 Å². The molecule has 1 heterocycles. The molecule has 0 fully saturated rings.